The minimum absolute atomic E-state index is 0.0380. The first kappa shape index (κ1) is 11.4. The molecule has 0 amide bonds. The molecule has 0 saturated heterocycles. The van der Waals surface area contributed by atoms with E-state index in [1.807, 2.05) is 19.1 Å². The summed E-state index contributed by atoms with van der Waals surface area (Å²) in [5.41, 5.74) is 2.37. The van der Waals surface area contributed by atoms with Crippen LogP contribution in [0.25, 0.3) is 0 Å². The lowest BCUT2D eigenvalue weighted by atomic mass is 10.1. The second kappa shape index (κ2) is 4.82. The van der Waals surface area contributed by atoms with Crippen molar-refractivity contribution in [1.82, 2.24) is 4.98 Å². The van der Waals surface area contributed by atoms with Crippen molar-refractivity contribution < 1.29 is 14.3 Å². The van der Waals surface area contributed by atoms with Crippen molar-refractivity contribution in [3.8, 4) is 0 Å². The Hall–Kier alpha value is -2.10. The van der Waals surface area contributed by atoms with Gasteiger partial charge < -0.3 is 9.52 Å². The Labute approximate surface area is 98.9 Å². The van der Waals surface area contributed by atoms with Gasteiger partial charge in [-0.25, -0.2) is 9.78 Å². The first-order valence-corrected chi connectivity index (χ1v) is 5.38. The van der Waals surface area contributed by atoms with Crippen LogP contribution in [0.3, 0.4) is 0 Å². The van der Waals surface area contributed by atoms with Crippen molar-refractivity contribution in [1.29, 1.82) is 0 Å². The third-order valence-corrected chi connectivity index (χ3v) is 2.52. The van der Waals surface area contributed by atoms with Gasteiger partial charge in [-0.15, -0.1) is 0 Å². The molecule has 0 fully saturated rings. The first-order valence-electron chi connectivity index (χ1n) is 5.38. The lowest BCUT2D eigenvalue weighted by Gasteiger charge is -1.99. The quantitative estimate of drug-likeness (QED) is 0.877. The maximum absolute atomic E-state index is 10.6. The zero-order valence-electron chi connectivity index (χ0n) is 9.51. The second-order valence-corrected chi connectivity index (χ2v) is 3.92. The molecular weight excluding hydrogens is 218 g/mol. The Morgan fingerprint density at radius 3 is 2.59 bits per heavy atom. The summed E-state index contributed by atoms with van der Waals surface area (Å²) in [5.74, 6) is -0.599. The minimum atomic E-state index is -1.06. The van der Waals surface area contributed by atoms with Crippen LogP contribution in [0.1, 0.15) is 27.5 Å². The van der Waals surface area contributed by atoms with Gasteiger partial charge in [-0.2, -0.15) is 0 Å². The van der Waals surface area contributed by atoms with Gasteiger partial charge >= 0.3 is 5.97 Å². The van der Waals surface area contributed by atoms with Crippen LogP contribution in [-0.2, 0) is 12.8 Å². The lowest BCUT2D eigenvalue weighted by Crippen LogP contribution is -1.97. The Balaban J connectivity index is 1.97. The van der Waals surface area contributed by atoms with Gasteiger partial charge in [0.1, 0.15) is 6.26 Å². The molecule has 4 nitrogen and oxygen atoms in total. The number of aryl methyl sites for hydroxylation is 3. The van der Waals surface area contributed by atoms with Crippen molar-refractivity contribution >= 4 is 5.97 Å². The highest BCUT2D eigenvalue weighted by molar-refractivity contribution is 5.84. The molecule has 0 bridgehead atoms. The summed E-state index contributed by atoms with van der Waals surface area (Å²) in [5, 5.41) is 8.69. The van der Waals surface area contributed by atoms with E-state index in [4.69, 9.17) is 9.52 Å². The molecule has 0 spiro atoms. The standard InChI is InChI=1S/C13H13NO3/c1-9-2-4-10(5-3-9)6-7-12-14-11(8-17-12)13(15)16/h2-5,8H,6-7H2,1H3,(H,15,16). The molecule has 0 atom stereocenters. The fourth-order valence-corrected chi connectivity index (χ4v) is 1.53. The van der Waals surface area contributed by atoms with Gasteiger partial charge in [0.15, 0.2) is 11.6 Å². The summed E-state index contributed by atoms with van der Waals surface area (Å²) in [6.07, 6.45) is 2.57. The Morgan fingerprint density at radius 2 is 2.00 bits per heavy atom. The van der Waals surface area contributed by atoms with Crippen molar-refractivity contribution in [2.75, 3.05) is 0 Å². The van der Waals surface area contributed by atoms with Crippen LogP contribution in [0.15, 0.2) is 34.9 Å². The lowest BCUT2D eigenvalue weighted by molar-refractivity contribution is 0.0690. The minimum Gasteiger partial charge on any atom is -0.476 e. The SMILES string of the molecule is Cc1ccc(CCc2nc(C(=O)O)co2)cc1. The summed E-state index contributed by atoms with van der Waals surface area (Å²) in [7, 11) is 0. The molecular formula is C13H13NO3. The number of hydrogen-bond acceptors (Lipinski definition) is 3. The molecule has 0 aliphatic rings. The van der Waals surface area contributed by atoms with Crippen LogP contribution in [-0.4, -0.2) is 16.1 Å². The van der Waals surface area contributed by atoms with Gasteiger partial charge in [0.25, 0.3) is 0 Å². The van der Waals surface area contributed by atoms with Crippen LogP contribution in [0.5, 0.6) is 0 Å². The van der Waals surface area contributed by atoms with Crippen molar-refractivity contribution in [2.24, 2.45) is 0 Å². The van der Waals surface area contributed by atoms with Gasteiger partial charge in [-0.05, 0) is 18.9 Å². The van der Waals surface area contributed by atoms with Crippen molar-refractivity contribution in [2.45, 2.75) is 19.8 Å². The number of aromatic carboxylic acids is 1. The predicted octanol–water partition coefficient (Wildman–Crippen LogP) is 2.47. The number of carboxylic acids is 1. The van der Waals surface area contributed by atoms with Gasteiger partial charge in [0.05, 0.1) is 0 Å². The number of rotatable bonds is 4. The summed E-state index contributed by atoms with van der Waals surface area (Å²) in [6, 6.07) is 8.20. The molecule has 0 saturated carbocycles. The summed E-state index contributed by atoms with van der Waals surface area (Å²) in [4.78, 5) is 14.5. The van der Waals surface area contributed by atoms with Crippen LogP contribution in [0.4, 0.5) is 0 Å². The molecule has 88 valence electrons. The molecule has 1 N–H and O–H groups in total. The van der Waals surface area contributed by atoms with E-state index in [2.05, 4.69) is 17.1 Å². The summed E-state index contributed by atoms with van der Waals surface area (Å²) < 4.78 is 5.08. The van der Waals surface area contributed by atoms with E-state index in [1.54, 1.807) is 0 Å². The molecule has 0 unspecified atom stereocenters. The highest BCUT2D eigenvalue weighted by Crippen LogP contribution is 2.09. The average molecular weight is 231 g/mol. The van der Waals surface area contributed by atoms with Gasteiger partial charge in [-0.3, -0.25) is 0 Å². The van der Waals surface area contributed by atoms with E-state index in [0.29, 0.717) is 12.3 Å². The Bertz CT molecular complexity index is 514. The number of hydrogen-bond donors (Lipinski definition) is 1. The molecule has 1 heterocycles. The van der Waals surface area contributed by atoms with Crippen LogP contribution in [0, 0.1) is 6.92 Å². The van der Waals surface area contributed by atoms with E-state index >= 15 is 0 Å². The third kappa shape index (κ3) is 2.93. The fourth-order valence-electron chi connectivity index (χ4n) is 1.53. The molecule has 1 aromatic heterocycles. The largest absolute Gasteiger partial charge is 0.476 e. The van der Waals surface area contributed by atoms with Crippen molar-refractivity contribution in [3.05, 3.63) is 53.2 Å². The van der Waals surface area contributed by atoms with E-state index in [9.17, 15) is 4.79 Å². The number of oxazole rings is 1. The van der Waals surface area contributed by atoms with E-state index < -0.39 is 5.97 Å². The number of carboxylic acid groups (broad SMARTS) is 1. The number of aromatic nitrogens is 1. The monoisotopic (exact) mass is 231 g/mol. The zero-order chi connectivity index (χ0) is 12.3. The Morgan fingerprint density at radius 1 is 1.29 bits per heavy atom. The molecule has 2 aromatic rings. The van der Waals surface area contributed by atoms with E-state index in [1.165, 1.54) is 17.4 Å². The van der Waals surface area contributed by atoms with Crippen LogP contribution >= 0.6 is 0 Å². The molecule has 2 rings (SSSR count). The molecule has 1 aromatic carbocycles. The molecule has 4 heteroatoms. The fraction of sp³-hybridized carbons (Fsp3) is 0.231. The topological polar surface area (TPSA) is 63.3 Å². The van der Waals surface area contributed by atoms with Crippen LogP contribution in [0.2, 0.25) is 0 Å². The number of benzene rings is 1. The van der Waals surface area contributed by atoms with Gasteiger partial charge in [0.2, 0.25) is 0 Å². The zero-order valence-corrected chi connectivity index (χ0v) is 9.51. The highest BCUT2D eigenvalue weighted by Gasteiger charge is 2.09. The van der Waals surface area contributed by atoms with E-state index in [0.717, 1.165) is 6.42 Å². The second-order valence-electron chi connectivity index (χ2n) is 3.92. The summed E-state index contributed by atoms with van der Waals surface area (Å²) in [6.45, 7) is 2.04. The first-order chi connectivity index (χ1) is 8.15. The van der Waals surface area contributed by atoms with Gasteiger partial charge in [0, 0.05) is 6.42 Å². The maximum Gasteiger partial charge on any atom is 0.357 e. The van der Waals surface area contributed by atoms with Crippen molar-refractivity contribution in [3.63, 3.8) is 0 Å². The predicted molar refractivity (Wildman–Crippen MR) is 62.0 cm³/mol. The average Bonchev–Trinajstić information content (AvgIpc) is 2.77. The third-order valence-electron chi connectivity index (χ3n) is 2.52. The van der Waals surface area contributed by atoms with E-state index in [-0.39, 0.29) is 5.69 Å². The Kier molecular flexibility index (Phi) is 3.23. The van der Waals surface area contributed by atoms with Gasteiger partial charge in [-0.1, -0.05) is 29.8 Å². The molecule has 17 heavy (non-hydrogen) atoms. The maximum atomic E-state index is 10.6. The molecule has 0 aliphatic heterocycles. The normalized spacial score (nSPS) is 10.4. The van der Waals surface area contributed by atoms with Crippen LogP contribution < -0.4 is 0 Å². The molecule has 0 aliphatic carbocycles. The smallest absolute Gasteiger partial charge is 0.357 e. The number of nitrogens with zero attached hydrogens (tertiary/aromatic N) is 1. The highest BCUT2D eigenvalue weighted by atomic mass is 16.4. The summed E-state index contributed by atoms with van der Waals surface area (Å²) >= 11 is 0. The number of carbonyl (C=O) groups is 1. The molecule has 0 radical (unpaired) electrons.